The number of sulfone groups is 1. The largest absolute Gasteiger partial charge is 0.335 e. The van der Waals surface area contributed by atoms with Crippen LogP contribution in [0.5, 0.6) is 0 Å². The third-order valence-corrected chi connectivity index (χ3v) is 6.66. The smallest absolute Gasteiger partial charge is 0.254 e. The van der Waals surface area contributed by atoms with Gasteiger partial charge in [-0.25, -0.2) is 8.42 Å². The van der Waals surface area contributed by atoms with Gasteiger partial charge in [0, 0.05) is 30.3 Å². The van der Waals surface area contributed by atoms with Crippen molar-refractivity contribution < 1.29 is 18.0 Å². The van der Waals surface area contributed by atoms with Crippen LogP contribution in [0.3, 0.4) is 0 Å². The fourth-order valence-electron chi connectivity index (χ4n) is 3.48. The van der Waals surface area contributed by atoms with Gasteiger partial charge in [0.25, 0.3) is 5.91 Å². The van der Waals surface area contributed by atoms with Crippen LogP contribution in [0.2, 0.25) is 0 Å². The number of hydrogen-bond donors (Lipinski definition) is 1. The summed E-state index contributed by atoms with van der Waals surface area (Å²) in [6.45, 7) is 2.62. The van der Waals surface area contributed by atoms with Gasteiger partial charge in [-0.3, -0.25) is 9.59 Å². The van der Waals surface area contributed by atoms with Crippen LogP contribution in [0, 0.1) is 0 Å². The Hall–Kier alpha value is -1.89. The Kier molecular flexibility index (Phi) is 5.13. The first-order valence-electron chi connectivity index (χ1n) is 8.84. The number of nitrogens with zero attached hydrogens (tertiary/aromatic N) is 1. The summed E-state index contributed by atoms with van der Waals surface area (Å²) in [5.74, 6) is 0.0929. The van der Waals surface area contributed by atoms with E-state index in [9.17, 15) is 18.0 Å². The van der Waals surface area contributed by atoms with E-state index in [4.69, 9.17) is 0 Å². The third kappa shape index (κ3) is 4.03. The van der Waals surface area contributed by atoms with Crippen LogP contribution in [0.15, 0.2) is 18.2 Å². The number of rotatable bonds is 5. The molecule has 1 fully saturated rings. The molecule has 1 atom stereocenters. The summed E-state index contributed by atoms with van der Waals surface area (Å²) in [6.07, 6.45) is 3.35. The Bertz CT molecular complexity index is 788. The normalized spacial score (nSPS) is 21.5. The van der Waals surface area contributed by atoms with Crippen molar-refractivity contribution in [3.63, 3.8) is 0 Å². The number of benzene rings is 1. The number of amides is 2. The van der Waals surface area contributed by atoms with E-state index in [-0.39, 0.29) is 29.4 Å². The summed E-state index contributed by atoms with van der Waals surface area (Å²) in [6, 6.07) is 5.08. The van der Waals surface area contributed by atoms with E-state index in [0.717, 1.165) is 24.1 Å². The molecule has 2 aliphatic heterocycles. The molecule has 0 radical (unpaired) electrons. The molecule has 7 heteroatoms. The number of carbonyl (C=O) groups is 2. The third-order valence-electron chi connectivity index (χ3n) is 4.91. The monoisotopic (exact) mass is 364 g/mol. The molecule has 0 bridgehead atoms. The SMILES string of the molecule is CCCCN(C(=O)c1ccc2c(c1)CCC(=O)N2)C1CCS(=O)(=O)C1. The number of nitrogens with one attached hydrogen (secondary N) is 1. The van der Waals surface area contributed by atoms with Gasteiger partial charge in [-0.2, -0.15) is 0 Å². The zero-order chi connectivity index (χ0) is 18.0. The van der Waals surface area contributed by atoms with Crippen molar-refractivity contribution in [2.24, 2.45) is 0 Å². The van der Waals surface area contributed by atoms with Crippen LogP contribution in [0.1, 0.15) is 48.5 Å². The van der Waals surface area contributed by atoms with Gasteiger partial charge in [0.05, 0.1) is 11.5 Å². The highest BCUT2D eigenvalue weighted by Crippen LogP contribution is 2.26. The summed E-state index contributed by atoms with van der Waals surface area (Å²) in [7, 11) is -3.04. The van der Waals surface area contributed by atoms with Gasteiger partial charge in [-0.1, -0.05) is 13.3 Å². The maximum atomic E-state index is 13.0. The second-order valence-corrected chi connectivity index (χ2v) is 9.06. The van der Waals surface area contributed by atoms with Crippen molar-refractivity contribution in [2.45, 2.75) is 45.1 Å². The molecule has 3 rings (SSSR count). The van der Waals surface area contributed by atoms with Crippen molar-refractivity contribution in [1.29, 1.82) is 0 Å². The van der Waals surface area contributed by atoms with Gasteiger partial charge in [0.2, 0.25) is 5.91 Å². The zero-order valence-corrected chi connectivity index (χ0v) is 15.3. The molecule has 136 valence electrons. The van der Waals surface area contributed by atoms with Gasteiger partial charge >= 0.3 is 0 Å². The molecule has 2 amide bonds. The van der Waals surface area contributed by atoms with E-state index in [2.05, 4.69) is 12.2 Å². The van der Waals surface area contributed by atoms with Crippen LogP contribution >= 0.6 is 0 Å². The van der Waals surface area contributed by atoms with E-state index in [1.807, 2.05) is 6.07 Å². The summed E-state index contributed by atoms with van der Waals surface area (Å²) in [5.41, 5.74) is 2.28. The zero-order valence-electron chi connectivity index (χ0n) is 14.5. The molecule has 2 heterocycles. The molecule has 1 N–H and O–H groups in total. The van der Waals surface area contributed by atoms with Crippen molar-refractivity contribution in [3.8, 4) is 0 Å². The molecule has 0 saturated carbocycles. The molecule has 6 nitrogen and oxygen atoms in total. The predicted molar refractivity (Wildman–Crippen MR) is 96.4 cm³/mol. The van der Waals surface area contributed by atoms with Crippen molar-refractivity contribution >= 4 is 27.3 Å². The van der Waals surface area contributed by atoms with Gasteiger partial charge in [-0.15, -0.1) is 0 Å². The number of unbranched alkanes of at least 4 members (excludes halogenated alkanes) is 1. The minimum absolute atomic E-state index is 0.00712. The molecule has 0 aromatic heterocycles. The molecule has 1 aromatic rings. The Morgan fingerprint density at radius 3 is 2.80 bits per heavy atom. The number of hydrogen-bond acceptors (Lipinski definition) is 4. The van der Waals surface area contributed by atoms with E-state index in [0.29, 0.717) is 31.4 Å². The first-order chi connectivity index (χ1) is 11.9. The Morgan fingerprint density at radius 2 is 2.12 bits per heavy atom. The van der Waals surface area contributed by atoms with Crippen LogP contribution in [-0.4, -0.2) is 49.2 Å². The minimum Gasteiger partial charge on any atom is -0.335 e. The molecule has 1 aromatic carbocycles. The summed E-state index contributed by atoms with van der Waals surface area (Å²) in [5, 5.41) is 2.81. The van der Waals surface area contributed by atoms with Crippen molar-refractivity contribution in [3.05, 3.63) is 29.3 Å². The van der Waals surface area contributed by atoms with Crippen LogP contribution in [0.4, 0.5) is 5.69 Å². The molecule has 0 spiro atoms. The first-order valence-corrected chi connectivity index (χ1v) is 10.7. The topological polar surface area (TPSA) is 83.6 Å². The fraction of sp³-hybridized carbons (Fsp3) is 0.556. The molecule has 1 unspecified atom stereocenters. The maximum absolute atomic E-state index is 13.0. The molecule has 0 aliphatic carbocycles. The molecular weight excluding hydrogens is 340 g/mol. The van der Waals surface area contributed by atoms with E-state index in [1.54, 1.807) is 17.0 Å². The number of fused-ring (bicyclic) bond motifs is 1. The lowest BCUT2D eigenvalue weighted by Gasteiger charge is -2.29. The fourth-order valence-corrected chi connectivity index (χ4v) is 5.21. The Morgan fingerprint density at radius 1 is 1.32 bits per heavy atom. The van der Waals surface area contributed by atoms with Crippen LogP contribution < -0.4 is 5.32 Å². The van der Waals surface area contributed by atoms with Crippen LogP contribution in [-0.2, 0) is 21.1 Å². The maximum Gasteiger partial charge on any atom is 0.254 e. The lowest BCUT2D eigenvalue weighted by molar-refractivity contribution is -0.116. The summed E-state index contributed by atoms with van der Waals surface area (Å²) >= 11 is 0. The summed E-state index contributed by atoms with van der Waals surface area (Å²) < 4.78 is 23.6. The number of carbonyl (C=O) groups excluding carboxylic acids is 2. The lowest BCUT2D eigenvalue weighted by Crippen LogP contribution is -2.41. The molecular formula is C18H24N2O4S. The average Bonchev–Trinajstić information content (AvgIpc) is 2.94. The van der Waals surface area contributed by atoms with Crippen molar-refractivity contribution in [2.75, 3.05) is 23.4 Å². The highest BCUT2D eigenvalue weighted by molar-refractivity contribution is 7.91. The minimum atomic E-state index is -3.04. The van der Waals surface area contributed by atoms with E-state index in [1.165, 1.54) is 0 Å². The van der Waals surface area contributed by atoms with E-state index >= 15 is 0 Å². The first kappa shape index (κ1) is 17.9. The van der Waals surface area contributed by atoms with Gasteiger partial charge in [0.15, 0.2) is 9.84 Å². The highest BCUT2D eigenvalue weighted by atomic mass is 32.2. The predicted octanol–water partition coefficient (Wildman–Crippen LogP) is 2.00. The molecule has 2 aliphatic rings. The van der Waals surface area contributed by atoms with E-state index < -0.39 is 9.84 Å². The van der Waals surface area contributed by atoms with Gasteiger partial charge in [-0.05, 0) is 43.0 Å². The Balaban J connectivity index is 1.83. The van der Waals surface area contributed by atoms with Crippen LogP contribution in [0.25, 0.3) is 0 Å². The quantitative estimate of drug-likeness (QED) is 0.866. The average molecular weight is 364 g/mol. The Labute approximate surface area is 148 Å². The standard InChI is InChI=1S/C18H24N2O4S/c1-2-3-9-20(15-8-10-25(23,24)12-15)18(22)14-4-6-16-13(11-14)5-7-17(21)19-16/h4,6,11,15H,2-3,5,7-10,12H2,1H3,(H,19,21). The highest BCUT2D eigenvalue weighted by Gasteiger charge is 2.34. The van der Waals surface area contributed by atoms with Crippen molar-refractivity contribution in [1.82, 2.24) is 4.90 Å². The van der Waals surface area contributed by atoms with Gasteiger partial charge in [0.1, 0.15) is 0 Å². The second kappa shape index (κ2) is 7.15. The number of anilines is 1. The second-order valence-electron chi connectivity index (χ2n) is 6.83. The number of aryl methyl sites for hydroxylation is 1. The van der Waals surface area contributed by atoms with Gasteiger partial charge < -0.3 is 10.2 Å². The summed E-state index contributed by atoms with van der Waals surface area (Å²) in [4.78, 5) is 26.2. The molecule has 25 heavy (non-hydrogen) atoms. The molecule has 1 saturated heterocycles. The lowest BCUT2D eigenvalue weighted by atomic mass is 9.99.